The van der Waals surface area contributed by atoms with Gasteiger partial charge in [0.2, 0.25) is 5.91 Å². The summed E-state index contributed by atoms with van der Waals surface area (Å²) in [7, 11) is 0. The van der Waals surface area contributed by atoms with Crippen LogP contribution in [0.3, 0.4) is 0 Å². The molecule has 0 spiro atoms. The van der Waals surface area contributed by atoms with Crippen LogP contribution in [0.5, 0.6) is 0 Å². The van der Waals surface area contributed by atoms with Crippen LogP contribution in [0.2, 0.25) is 0 Å². The lowest BCUT2D eigenvalue weighted by Gasteiger charge is -2.25. The van der Waals surface area contributed by atoms with Crippen LogP contribution in [0.1, 0.15) is 6.42 Å². The van der Waals surface area contributed by atoms with Crippen LogP contribution in [0.15, 0.2) is 0 Å². The van der Waals surface area contributed by atoms with Crippen molar-refractivity contribution in [3.05, 3.63) is 0 Å². The molecule has 0 bridgehead atoms. The van der Waals surface area contributed by atoms with Gasteiger partial charge in [-0.1, -0.05) is 5.92 Å². The second-order valence-corrected chi connectivity index (χ2v) is 2.97. The smallest absolute Gasteiger partial charge is 0.223 e. The lowest BCUT2D eigenvalue weighted by atomic mass is 10.3. The third-order valence-electron chi connectivity index (χ3n) is 1.06. The monoisotopic (exact) mass is 141 g/mol. The standard InChI is InChI=1S/C6H7NOS/c1-2-3-9-6-4-5(8)7-6/h1,6H,3-4H2,(H,7,8). The van der Waals surface area contributed by atoms with Gasteiger partial charge in [0.25, 0.3) is 0 Å². The summed E-state index contributed by atoms with van der Waals surface area (Å²) in [6.07, 6.45) is 5.64. The molecule has 0 saturated carbocycles. The molecule has 0 aromatic carbocycles. The zero-order valence-corrected chi connectivity index (χ0v) is 5.70. The molecule has 1 unspecified atom stereocenters. The Bertz CT molecular complexity index is 153. The van der Waals surface area contributed by atoms with E-state index >= 15 is 0 Å². The van der Waals surface area contributed by atoms with Gasteiger partial charge in [-0.15, -0.1) is 18.2 Å². The summed E-state index contributed by atoms with van der Waals surface area (Å²) in [6.45, 7) is 0. The molecular weight excluding hydrogens is 134 g/mol. The van der Waals surface area contributed by atoms with Crippen LogP contribution in [0.25, 0.3) is 0 Å². The molecule has 1 saturated heterocycles. The van der Waals surface area contributed by atoms with E-state index < -0.39 is 0 Å². The van der Waals surface area contributed by atoms with Crippen molar-refractivity contribution in [2.24, 2.45) is 0 Å². The van der Waals surface area contributed by atoms with Crippen molar-refractivity contribution in [2.75, 3.05) is 5.75 Å². The maximum Gasteiger partial charge on any atom is 0.223 e. The molecule has 48 valence electrons. The van der Waals surface area contributed by atoms with Gasteiger partial charge >= 0.3 is 0 Å². The number of hydrogen-bond donors (Lipinski definition) is 1. The Balaban J connectivity index is 2.05. The summed E-state index contributed by atoms with van der Waals surface area (Å²) in [5, 5.41) is 2.99. The molecule has 1 rings (SSSR count). The van der Waals surface area contributed by atoms with E-state index in [0.29, 0.717) is 12.2 Å². The third-order valence-corrected chi connectivity index (χ3v) is 2.08. The first kappa shape index (κ1) is 6.50. The molecule has 1 N–H and O–H groups in total. The Kier molecular flexibility index (Phi) is 2.01. The van der Waals surface area contributed by atoms with Crippen molar-refractivity contribution in [3.63, 3.8) is 0 Å². The van der Waals surface area contributed by atoms with Crippen molar-refractivity contribution in [1.29, 1.82) is 0 Å². The van der Waals surface area contributed by atoms with Gasteiger partial charge in [0.15, 0.2) is 0 Å². The second-order valence-electron chi connectivity index (χ2n) is 1.78. The SMILES string of the molecule is C#CCSC1CC(=O)N1. The highest BCUT2D eigenvalue weighted by Crippen LogP contribution is 2.17. The molecule has 3 heteroatoms. The molecule has 1 aliphatic heterocycles. The molecule has 1 atom stereocenters. The van der Waals surface area contributed by atoms with Gasteiger partial charge in [0, 0.05) is 0 Å². The highest BCUT2D eigenvalue weighted by atomic mass is 32.2. The van der Waals surface area contributed by atoms with Gasteiger partial charge in [0.05, 0.1) is 17.5 Å². The van der Waals surface area contributed by atoms with E-state index in [2.05, 4.69) is 11.2 Å². The molecule has 2 nitrogen and oxygen atoms in total. The largest absolute Gasteiger partial charge is 0.344 e. The minimum absolute atomic E-state index is 0.129. The highest BCUT2D eigenvalue weighted by molar-refractivity contribution is 8.00. The summed E-state index contributed by atoms with van der Waals surface area (Å²) in [4.78, 5) is 10.3. The summed E-state index contributed by atoms with van der Waals surface area (Å²) in [5.74, 6) is 3.31. The quantitative estimate of drug-likeness (QED) is 0.439. The lowest BCUT2D eigenvalue weighted by Crippen LogP contribution is -2.46. The van der Waals surface area contributed by atoms with Crippen LogP contribution in [0, 0.1) is 12.3 Å². The molecule has 0 radical (unpaired) electrons. The molecule has 0 aromatic rings. The number of carbonyl (C=O) groups is 1. The minimum Gasteiger partial charge on any atom is -0.344 e. The molecule has 1 fully saturated rings. The van der Waals surface area contributed by atoms with Gasteiger partial charge < -0.3 is 5.32 Å². The van der Waals surface area contributed by atoms with Crippen LogP contribution in [0.4, 0.5) is 0 Å². The third kappa shape index (κ3) is 1.65. The number of carbonyl (C=O) groups excluding carboxylic acids is 1. The van der Waals surface area contributed by atoms with E-state index in [9.17, 15) is 4.79 Å². The molecule has 1 aliphatic rings. The van der Waals surface area contributed by atoms with Crippen molar-refractivity contribution in [2.45, 2.75) is 11.8 Å². The number of terminal acetylenes is 1. The molecule has 1 amide bonds. The van der Waals surface area contributed by atoms with Gasteiger partial charge in [-0.05, 0) is 0 Å². The second kappa shape index (κ2) is 2.79. The summed E-state index contributed by atoms with van der Waals surface area (Å²) >= 11 is 1.60. The lowest BCUT2D eigenvalue weighted by molar-refractivity contribution is -0.126. The molecule has 9 heavy (non-hydrogen) atoms. The van der Waals surface area contributed by atoms with Crippen molar-refractivity contribution in [3.8, 4) is 12.3 Å². The number of β-lactam (4-membered cyclic amide) rings is 1. The normalized spacial score (nSPS) is 23.9. The van der Waals surface area contributed by atoms with Gasteiger partial charge in [0.1, 0.15) is 0 Å². The van der Waals surface area contributed by atoms with Gasteiger partial charge in [-0.25, -0.2) is 0 Å². The van der Waals surface area contributed by atoms with Crippen molar-refractivity contribution < 1.29 is 4.79 Å². The fourth-order valence-electron chi connectivity index (χ4n) is 0.576. The number of thioether (sulfide) groups is 1. The average Bonchev–Trinajstić information content (AvgIpc) is 1.78. The fraction of sp³-hybridized carbons (Fsp3) is 0.500. The highest BCUT2D eigenvalue weighted by Gasteiger charge is 2.24. The topological polar surface area (TPSA) is 29.1 Å². The Morgan fingerprint density at radius 1 is 2.00 bits per heavy atom. The Morgan fingerprint density at radius 2 is 2.67 bits per heavy atom. The predicted molar refractivity (Wildman–Crippen MR) is 37.8 cm³/mol. The van der Waals surface area contributed by atoms with Gasteiger partial charge in [-0.3, -0.25) is 4.79 Å². The van der Waals surface area contributed by atoms with Crippen LogP contribution >= 0.6 is 11.8 Å². The molecule has 0 aliphatic carbocycles. The summed E-state index contributed by atoms with van der Waals surface area (Å²) in [6, 6.07) is 0. The fourth-order valence-corrected chi connectivity index (χ4v) is 1.36. The van der Waals surface area contributed by atoms with E-state index in [1.807, 2.05) is 0 Å². The number of nitrogens with one attached hydrogen (secondary N) is 1. The molecule has 1 heterocycles. The van der Waals surface area contributed by atoms with Crippen molar-refractivity contribution >= 4 is 17.7 Å². The van der Waals surface area contributed by atoms with E-state index in [4.69, 9.17) is 6.42 Å². The molecular formula is C6H7NOS. The van der Waals surface area contributed by atoms with E-state index in [0.717, 1.165) is 0 Å². The Morgan fingerprint density at radius 3 is 3.11 bits per heavy atom. The van der Waals surface area contributed by atoms with Gasteiger partial charge in [-0.2, -0.15) is 0 Å². The first-order chi connectivity index (χ1) is 4.33. The van der Waals surface area contributed by atoms with E-state index in [-0.39, 0.29) is 11.3 Å². The van der Waals surface area contributed by atoms with Crippen molar-refractivity contribution in [1.82, 2.24) is 5.32 Å². The van der Waals surface area contributed by atoms with E-state index in [1.165, 1.54) is 0 Å². The van der Waals surface area contributed by atoms with Crippen LogP contribution in [-0.4, -0.2) is 17.0 Å². The predicted octanol–water partition coefficient (Wildman–Crippen LogP) is 0.199. The summed E-state index contributed by atoms with van der Waals surface area (Å²) < 4.78 is 0. The zero-order valence-electron chi connectivity index (χ0n) is 4.89. The van der Waals surface area contributed by atoms with Crippen LogP contribution in [-0.2, 0) is 4.79 Å². The number of amides is 1. The first-order valence-corrected chi connectivity index (χ1v) is 3.72. The maximum atomic E-state index is 10.3. The number of hydrogen-bond acceptors (Lipinski definition) is 2. The van der Waals surface area contributed by atoms with Crippen LogP contribution < -0.4 is 5.32 Å². The Hall–Kier alpha value is -0.620. The van der Waals surface area contributed by atoms with E-state index in [1.54, 1.807) is 11.8 Å². The molecule has 0 aromatic heterocycles. The summed E-state index contributed by atoms with van der Waals surface area (Å²) in [5.41, 5.74) is 0. The number of rotatable bonds is 2. The maximum absolute atomic E-state index is 10.3. The zero-order chi connectivity index (χ0) is 6.69. The Labute approximate surface area is 58.4 Å². The minimum atomic E-state index is 0.129. The average molecular weight is 141 g/mol. The first-order valence-electron chi connectivity index (χ1n) is 2.67.